The molecule has 3 heteroatoms. The SMILES string of the molecule is CCOC(=O)C(CN)(CCCC(C)C)c1cccc(C)c1. The standard InChI is InChI=1S/C18H29NO2/c1-5-21-17(20)18(13-19,11-7-8-14(2)3)16-10-6-9-15(4)12-16/h6,9-10,12,14H,5,7-8,11,13,19H2,1-4H3. The number of carbonyl (C=O) groups is 1. The van der Waals surface area contributed by atoms with Gasteiger partial charge in [-0.25, -0.2) is 0 Å². The highest BCUT2D eigenvalue weighted by Gasteiger charge is 2.40. The molecule has 118 valence electrons. The van der Waals surface area contributed by atoms with Crippen molar-refractivity contribution < 1.29 is 9.53 Å². The molecule has 2 N–H and O–H groups in total. The Morgan fingerprint density at radius 1 is 1.38 bits per heavy atom. The molecule has 0 radical (unpaired) electrons. The van der Waals surface area contributed by atoms with Crippen LogP contribution in [0.4, 0.5) is 0 Å². The van der Waals surface area contributed by atoms with E-state index in [1.54, 1.807) is 0 Å². The Balaban J connectivity index is 3.09. The summed E-state index contributed by atoms with van der Waals surface area (Å²) in [5.41, 5.74) is 7.44. The second-order valence-electron chi connectivity index (χ2n) is 6.16. The van der Waals surface area contributed by atoms with Gasteiger partial charge < -0.3 is 10.5 Å². The van der Waals surface area contributed by atoms with Gasteiger partial charge in [-0.3, -0.25) is 4.79 Å². The van der Waals surface area contributed by atoms with Crippen molar-refractivity contribution in [1.29, 1.82) is 0 Å². The van der Waals surface area contributed by atoms with Gasteiger partial charge in [0.1, 0.15) is 5.41 Å². The minimum absolute atomic E-state index is 0.193. The van der Waals surface area contributed by atoms with Gasteiger partial charge in [-0.1, -0.05) is 56.5 Å². The number of hydrogen-bond donors (Lipinski definition) is 1. The number of ether oxygens (including phenoxy) is 1. The summed E-state index contributed by atoms with van der Waals surface area (Å²) >= 11 is 0. The van der Waals surface area contributed by atoms with Crippen molar-refractivity contribution in [2.75, 3.05) is 13.2 Å². The third-order valence-electron chi connectivity index (χ3n) is 3.97. The fourth-order valence-corrected chi connectivity index (χ4v) is 2.69. The molecular formula is C18H29NO2. The maximum Gasteiger partial charge on any atom is 0.317 e. The van der Waals surface area contributed by atoms with Crippen molar-refractivity contribution in [2.24, 2.45) is 11.7 Å². The summed E-state index contributed by atoms with van der Waals surface area (Å²) in [6, 6.07) is 8.06. The van der Waals surface area contributed by atoms with E-state index in [1.165, 1.54) is 0 Å². The molecule has 0 aliphatic rings. The molecule has 0 saturated heterocycles. The van der Waals surface area contributed by atoms with Crippen LogP contribution in [-0.2, 0) is 14.9 Å². The Bertz CT molecular complexity index is 456. The number of rotatable bonds is 8. The molecule has 1 rings (SSSR count). The lowest BCUT2D eigenvalue weighted by molar-refractivity contribution is -0.150. The highest BCUT2D eigenvalue weighted by atomic mass is 16.5. The fourth-order valence-electron chi connectivity index (χ4n) is 2.69. The molecule has 0 saturated carbocycles. The quantitative estimate of drug-likeness (QED) is 0.745. The zero-order valence-corrected chi connectivity index (χ0v) is 13.8. The topological polar surface area (TPSA) is 52.3 Å². The van der Waals surface area contributed by atoms with Crippen molar-refractivity contribution in [3.05, 3.63) is 35.4 Å². The van der Waals surface area contributed by atoms with Crippen molar-refractivity contribution in [3.8, 4) is 0 Å². The molecule has 0 spiro atoms. The summed E-state index contributed by atoms with van der Waals surface area (Å²) < 4.78 is 5.33. The molecule has 1 atom stereocenters. The predicted octanol–water partition coefficient (Wildman–Crippen LogP) is 3.58. The molecule has 1 aromatic carbocycles. The molecule has 0 heterocycles. The Hall–Kier alpha value is -1.35. The third-order valence-corrected chi connectivity index (χ3v) is 3.97. The van der Waals surface area contributed by atoms with Crippen molar-refractivity contribution in [3.63, 3.8) is 0 Å². The van der Waals surface area contributed by atoms with Gasteiger partial charge in [0.15, 0.2) is 0 Å². The highest BCUT2D eigenvalue weighted by molar-refractivity contribution is 5.83. The molecule has 0 aromatic heterocycles. The van der Waals surface area contributed by atoms with Gasteiger partial charge >= 0.3 is 5.97 Å². The van der Waals surface area contributed by atoms with E-state index in [2.05, 4.69) is 19.9 Å². The molecule has 0 amide bonds. The Labute approximate surface area is 128 Å². The molecule has 0 fully saturated rings. The van der Waals surface area contributed by atoms with Crippen LogP contribution in [0.2, 0.25) is 0 Å². The van der Waals surface area contributed by atoms with E-state index in [9.17, 15) is 4.79 Å². The lowest BCUT2D eigenvalue weighted by Crippen LogP contribution is -2.44. The Morgan fingerprint density at radius 2 is 2.10 bits per heavy atom. The molecule has 3 nitrogen and oxygen atoms in total. The van der Waals surface area contributed by atoms with E-state index in [0.717, 1.165) is 30.4 Å². The minimum Gasteiger partial charge on any atom is -0.465 e. The highest BCUT2D eigenvalue weighted by Crippen LogP contribution is 2.32. The molecule has 1 aromatic rings. The van der Waals surface area contributed by atoms with Crippen LogP contribution >= 0.6 is 0 Å². The first-order chi connectivity index (χ1) is 9.96. The number of nitrogens with two attached hydrogens (primary N) is 1. The normalized spacial score (nSPS) is 14.0. The Morgan fingerprint density at radius 3 is 2.62 bits per heavy atom. The van der Waals surface area contributed by atoms with E-state index < -0.39 is 5.41 Å². The smallest absolute Gasteiger partial charge is 0.317 e. The maximum atomic E-state index is 12.6. The van der Waals surface area contributed by atoms with E-state index in [0.29, 0.717) is 12.5 Å². The van der Waals surface area contributed by atoms with Crippen LogP contribution in [0.15, 0.2) is 24.3 Å². The number of benzene rings is 1. The zero-order chi connectivity index (χ0) is 15.9. The van der Waals surface area contributed by atoms with Gasteiger partial charge in [-0.2, -0.15) is 0 Å². The summed E-state index contributed by atoms with van der Waals surface area (Å²) in [6.45, 7) is 8.93. The van der Waals surface area contributed by atoms with Crippen LogP contribution in [0.1, 0.15) is 51.2 Å². The van der Waals surface area contributed by atoms with Crippen molar-refractivity contribution in [2.45, 2.75) is 52.4 Å². The summed E-state index contributed by atoms with van der Waals surface area (Å²) in [5.74, 6) is 0.432. The molecule has 1 unspecified atom stereocenters. The number of aryl methyl sites for hydroxylation is 1. The Kier molecular flexibility index (Phi) is 6.90. The van der Waals surface area contributed by atoms with Gasteiger partial charge in [-0.05, 0) is 31.7 Å². The zero-order valence-electron chi connectivity index (χ0n) is 13.8. The first-order valence-corrected chi connectivity index (χ1v) is 7.90. The molecule has 0 bridgehead atoms. The predicted molar refractivity (Wildman–Crippen MR) is 87.2 cm³/mol. The van der Waals surface area contributed by atoms with Crippen LogP contribution in [0.25, 0.3) is 0 Å². The first-order valence-electron chi connectivity index (χ1n) is 7.90. The average Bonchev–Trinajstić information content (AvgIpc) is 2.43. The molecule has 0 aliphatic heterocycles. The molecule has 21 heavy (non-hydrogen) atoms. The van der Waals surface area contributed by atoms with Crippen LogP contribution in [0.3, 0.4) is 0 Å². The van der Waals surface area contributed by atoms with Gasteiger partial charge in [-0.15, -0.1) is 0 Å². The lowest BCUT2D eigenvalue weighted by atomic mass is 9.75. The van der Waals surface area contributed by atoms with Gasteiger partial charge in [0.25, 0.3) is 0 Å². The second kappa shape index (κ2) is 8.18. The minimum atomic E-state index is -0.711. The molecular weight excluding hydrogens is 262 g/mol. The van der Waals surface area contributed by atoms with Crippen LogP contribution in [-0.4, -0.2) is 19.1 Å². The summed E-state index contributed by atoms with van der Waals surface area (Å²) in [7, 11) is 0. The number of carbonyl (C=O) groups excluding carboxylic acids is 1. The van der Waals surface area contributed by atoms with Gasteiger partial charge in [0, 0.05) is 6.54 Å². The number of esters is 1. The van der Waals surface area contributed by atoms with Gasteiger partial charge in [0.05, 0.1) is 6.61 Å². The van der Waals surface area contributed by atoms with Crippen LogP contribution in [0.5, 0.6) is 0 Å². The second-order valence-corrected chi connectivity index (χ2v) is 6.16. The van der Waals surface area contributed by atoms with Crippen LogP contribution < -0.4 is 5.73 Å². The van der Waals surface area contributed by atoms with E-state index in [4.69, 9.17) is 10.5 Å². The van der Waals surface area contributed by atoms with Crippen molar-refractivity contribution >= 4 is 5.97 Å². The average molecular weight is 291 g/mol. The van der Waals surface area contributed by atoms with E-state index in [-0.39, 0.29) is 12.5 Å². The fraction of sp³-hybridized carbons (Fsp3) is 0.611. The van der Waals surface area contributed by atoms with Crippen LogP contribution in [0, 0.1) is 12.8 Å². The largest absolute Gasteiger partial charge is 0.465 e. The lowest BCUT2D eigenvalue weighted by Gasteiger charge is -2.31. The summed E-state index contributed by atoms with van der Waals surface area (Å²) in [6.07, 6.45) is 2.80. The van der Waals surface area contributed by atoms with Crippen molar-refractivity contribution in [1.82, 2.24) is 0 Å². The number of hydrogen-bond acceptors (Lipinski definition) is 3. The third kappa shape index (κ3) is 4.57. The maximum absolute atomic E-state index is 12.6. The summed E-state index contributed by atoms with van der Waals surface area (Å²) in [4.78, 5) is 12.6. The van der Waals surface area contributed by atoms with Gasteiger partial charge in [0.2, 0.25) is 0 Å². The monoisotopic (exact) mass is 291 g/mol. The molecule has 0 aliphatic carbocycles. The summed E-state index contributed by atoms with van der Waals surface area (Å²) in [5, 5.41) is 0. The van der Waals surface area contributed by atoms with E-state index in [1.807, 2.05) is 32.0 Å². The van der Waals surface area contributed by atoms with E-state index >= 15 is 0 Å². The first kappa shape index (κ1) is 17.7.